The Morgan fingerprint density at radius 3 is 2.71 bits per heavy atom. The molecule has 0 aliphatic rings. The molecule has 0 aliphatic heterocycles. The predicted octanol–water partition coefficient (Wildman–Crippen LogP) is 2.48. The minimum absolute atomic E-state index is 0.371. The summed E-state index contributed by atoms with van der Waals surface area (Å²) in [5, 5.41) is 4.30. The monoisotopic (exact) mass is 212 g/mol. The Kier molecular flexibility index (Phi) is 4.58. The highest BCUT2D eigenvalue weighted by Crippen LogP contribution is 2.23. The summed E-state index contributed by atoms with van der Waals surface area (Å²) in [5.41, 5.74) is 7.17. The Labute approximate surface area is 90.7 Å². The first-order chi connectivity index (χ1) is 6.70. The molecule has 0 bridgehead atoms. The van der Waals surface area contributed by atoms with Crippen LogP contribution in [0.3, 0.4) is 0 Å². The van der Waals surface area contributed by atoms with Gasteiger partial charge in [-0.2, -0.15) is 11.3 Å². The highest BCUT2D eigenvalue weighted by Gasteiger charge is 2.19. The SMILES string of the molecule is CCC(C)N(C)C(CN)c1ccsc1. The third-order valence-electron chi connectivity index (χ3n) is 2.93. The molecule has 80 valence electrons. The quantitative estimate of drug-likeness (QED) is 0.812. The zero-order valence-electron chi connectivity index (χ0n) is 9.23. The van der Waals surface area contributed by atoms with Gasteiger partial charge in [-0.15, -0.1) is 0 Å². The van der Waals surface area contributed by atoms with Gasteiger partial charge in [-0.1, -0.05) is 6.92 Å². The van der Waals surface area contributed by atoms with Crippen molar-refractivity contribution >= 4 is 11.3 Å². The van der Waals surface area contributed by atoms with Crippen LogP contribution in [0.25, 0.3) is 0 Å². The molecule has 0 aromatic carbocycles. The number of likely N-dealkylation sites (N-methyl/N-ethyl adjacent to an activating group) is 1. The fourth-order valence-electron chi connectivity index (χ4n) is 1.60. The average molecular weight is 212 g/mol. The van der Waals surface area contributed by atoms with Crippen LogP contribution in [0.15, 0.2) is 16.8 Å². The second kappa shape index (κ2) is 5.49. The summed E-state index contributed by atoms with van der Waals surface area (Å²) < 4.78 is 0. The molecule has 2 nitrogen and oxygen atoms in total. The third kappa shape index (κ3) is 2.56. The molecule has 0 spiro atoms. The molecule has 0 amide bonds. The Bertz CT molecular complexity index is 246. The van der Waals surface area contributed by atoms with Gasteiger partial charge in [0.2, 0.25) is 0 Å². The van der Waals surface area contributed by atoms with Crippen molar-refractivity contribution in [1.82, 2.24) is 4.90 Å². The zero-order chi connectivity index (χ0) is 10.6. The van der Waals surface area contributed by atoms with E-state index in [0.29, 0.717) is 18.6 Å². The van der Waals surface area contributed by atoms with E-state index in [9.17, 15) is 0 Å². The molecule has 1 rings (SSSR count). The molecule has 2 N–H and O–H groups in total. The van der Waals surface area contributed by atoms with Crippen molar-refractivity contribution in [2.45, 2.75) is 32.4 Å². The normalized spacial score (nSPS) is 15.8. The zero-order valence-corrected chi connectivity index (χ0v) is 10.1. The Balaban J connectivity index is 2.72. The van der Waals surface area contributed by atoms with Crippen molar-refractivity contribution in [3.63, 3.8) is 0 Å². The average Bonchev–Trinajstić information content (AvgIpc) is 2.71. The van der Waals surface area contributed by atoms with Crippen molar-refractivity contribution in [2.24, 2.45) is 5.73 Å². The van der Waals surface area contributed by atoms with E-state index in [0.717, 1.165) is 6.42 Å². The summed E-state index contributed by atoms with van der Waals surface area (Å²) in [7, 11) is 2.16. The second-order valence-electron chi connectivity index (χ2n) is 3.73. The van der Waals surface area contributed by atoms with E-state index in [4.69, 9.17) is 5.73 Å². The first-order valence-corrected chi connectivity index (χ1v) is 6.09. The molecule has 0 aliphatic carbocycles. The highest BCUT2D eigenvalue weighted by atomic mass is 32.1. The van der Waals surface area contributed by atoms with Gasteiger partial charge in [-0.05, 0) is 42.8 Å². The van der Waals surface area contributed by atoms with Crippen LogP contribution in [0.5, 0.6) is 0 Å². The maximum absolute atomic E-state index is 5.82. The third-order valence-corrected chi connectivity index (χ3v) is 3.63. The molecule has 14 heavy (non-hydrogen) atoms. The number of hydrogen-bond donors (Lipinski definition) is 1. The molecule has 0 saturated heterocycles. The van der Waals surface area contributed by atoms with Gasteiger partial charge in [0.05, 0.1) is 0 Å². The summed E-state index contributed by atoms with van der Waals surface area (Å²) in [6, 6.07) is 3.13. The van der Waals surface area contributed by atoms with Gasteiger partial charge < -0.3 is 5.73 Å². The topological polar surface area (TPSA) is 29.3 Å². The molecule has 0 fully saturated rings. The van der Waals surface area contributed by atoms with Gasteiger partial charge >= 0.3 is 0 Å². The minimum Gasteiger partial charge on any atom is -0.329 e. The van der Waals surface area contributed by atoms with Crippen LogP contribution in [0, 0.1) is 0 Å². The van der Waals surface area contributed by atoms with Crippen molar-refractivity contribution in [2.75, 3.05) is 13.6 Å². The van der Waals surface area contributed by atoms with Gasteiger partial charge in [0.25, 0.3) is 0 Å². The summed E-state index contributed by atoms with van der Waals surface area (Å²) in [6.45, 7) is 5.15. The maximum atomic E-state index is 5.82. The van der Waals surface area contributed by atoms with E-state index in [2.05, 4.69) is 42.6 Å². The molecule has 1 aromatic heterocycles. The Morgan fingerprint density at radius 2 is 2.29 bits per heavy atom. The Morgan fingerprint density at radius 1 is 1.57 bits per heavy atom. The van der Waals surface area contributed by atoms with Gasteiger partial charge in [0.1, 0.15) is 0 Å². The smallest absolute Gasteiger partial charge is 0.0478 e. The van der Waals surface area contributed by atoms with E-state index in [1.54, 1.807) is 11.3 Å². The van der Waals surface area contributed by atoms with Gasteiger partial charge in [-0.3, -0.25) is 4.90 Å². The van der Waals surface area contributed by atoms with Crippen LogP contribution in [0.2, 0.25) is 0 Å². The second-order valence-corrected chi connectivity index (χ2v) is 4.51. The van der Waals surface area contributed by atoms with Crippen molar-refractivity contribution in [3.05, 3.63) is 22.4 Å². The molecule has 1 aromatic rings. The molecule has 2 unspecified atom stereocenters. The van der Waals surface area contributed by atoms with Crippen LogP contribution in [0.1, 0.15) is 31.9 Å². The standard InChI is InChI=1S/C11H20N2S/c1-4-9(2)13(3)11(7-12)10-5-6-14-8-10/h5-6,8-9,11H,4,7,12H2,1-3H3. The molecular formula is C11H20N2S. The van der Waals surface area contributed by atoms with Crippen LogP contribution in [0.4, 0.5) is 0 Å². The Hall–Kier alpha value is -0.380. The fraction of sp³-hybridized carbons (Fsp3) is 0.636. The summed E-state index contributed by atoms with van der Waals surface area (Å²) in [5.74, 6) is 0. The van der Waals surface area contributed by atoms with Crippen LogP contribution < -0.4 is 5.73 Å². The number of thiophene rings is 1. The maximum Gasteiger partial charge on any atom is 0.0478 e. The van der Waals surface area contributed by atoms with E-state index in [1.807, 2.05) is 0 Å². The van der Waals surface area contributed by atoms with Gasteiger partial charge in [0, 0.05) is 18.6 Å². The molecule has 0 saturated carbocycles. The van der Waals surface area contributed by atoms with E-state index >= 15 is 0 Å². The summed E-state index contributed by atoms with van der Waals surface area (Å²) >= 11 is 1.74. The van der Waals surface area contributed by atoms with Crippen LogP contribution in [-0.4, -0.2) is 24.5 Å². The van der Waals surface area contributed by atoms with Gasteiger partial charge in [-0.25, -0.2) is 0 Å². The lowest BCUT2D eigenvalue weighted by Gasteiger charge is -2.31. The van der Waals surface area contributed by atoms with Crippen LogP contribution in [-0.2, 0) is 0 Å². The van der Waals surface area contributed by atoms with E-state index < -0.39 is 0 Å². The molecule has 3 heteroatoms. The number of rotatable bonds is 5. The molecule has 2 atom stereocenters. The van der Waals surface area contributed by atoms with Crippen molar-refractivity contribution in [1.29, 1.82) is 0 Å². The van der Waals surface area contributed by atoms with Gasteiger partial charge in [0.15, 0.2) is 0 Å². The molecular weight excluding hydrogens is 192 g/mol. The predicted molar refractivity (Wildman–Crippen MR) is 63.6 cm³/mol. The summed E-state index contributed by atoms with van der Waals surface area (Å²) in [4.78, 5) is 2.36. The summed E-state index contributed by atoms with van der Waals surface area (Å²) in [6.07, 6.45) is 1.16. The van der Waals surface area contributed by atoms with Crippen molar-refractivity contribution in [3.8, 4) is 0 Å². The lowest BCUT2D eigenvalue weighted by molar-refractivity contribution is 0.185. The molecule has 0 radical (unpaired) electrons. The largest absolute Gasteiger partial charge is 0.329 e. The number of hydrogen-bond acceptors (Lipinski definition) is 3. The first-order valence-electron chi connectivity index (χ1n) is 5.14. The highest BCUT2D eigenvalue weighted by molar-refractivity contribution is 7.07. The molecule has 1 heterocycles. The first kappa shape index (κ1) is 11.7. The number of nitrogens with zero attached hydrogens (tertiary/aromatic N) is 1. The van der Waals surface area contributed by atoms with Crippen molar-refractivity contribution < 1.29 is 0 Å². The lowest BCUT2D eigenvalue weighted by Crippen LogP contribution is -2.36. The fourth-order valence-corrected chi connectivity index (χ4v) is 2.30. The van der Waals surface area contributed by atoms with Crippen LogP contribution >= 0.6 is 11.3 Å². The van der Waals surface area contributed by atoms with E-state index in [1.165, 1.54) is 5.56 Å². The van der Waals surface area contributed by atoms with E-state index in [-0.39, 0.29) is 0 Å². The minimum atomic E-state index is 0.371. The number of nitrogens with two attached hydrogens (primary N) is 1. The lowest BCUT2D eigenvalue weighted by atomic mass is 10.1.